The van der Waals surface area contributed by atoms with Crippen molar-refractivity contribution in [1.82, 2.24) is 0 Å². The second kappa shape index (κ2) is 7.37. The highest BCUT2D eigenvalue weighted by atomic mass is 16.6. The summed E-state index contributed by atoms with van der Waals surface area (Å²) in [6.07, 6.45) is -5.42. The zero-order valence-electron chi connectivity index (χ0n) is 14.7. The van der Waals surface area contributed by atoms with Crippen molar-refractivity contribution in [1.29, 1.82) is 0 Å². The molecule has 0 saturated carbocycles. The molecule has 0 radical (unpaired) electrons. The van der Waals surface area contributed by atoms with E-state index < -0.39 is 42.9 Å². The Hall–Kier alpha value is -2.30. The molecule has 27 heavy (non-hydrogen) atoms. The fraction of sp³-hybridized carbons (Fsp3) is 0.444. The standard InChI is InChI=1S/C18H21NO8/c1-7-13(8(2)21)10-4-3-9(5-11(10)26-17(7)24)19-14-16(23)15(22)12(6-20)27-18(14)25/h3-5,12,14-16,18-20,22-23,25H,6H2,1-2H3/t12?,14?,15-,16?,18?/m1/s1. The van der Waals surface area contributed by atoms with Crippen molar-refractivity contribution in [3.05, 3.63) is 39.7 Å². The molecule has 1 aromatic heterocycles. The van der Waals surface area contributed by atoms with Gasteiger partial charge in [-0.05, 0) is 26.0 Å². The number of rotatable bonds is 4. The summed E-state index contributed by atoms with van der Waals surface area (Å²) < 4.78 is 10.3. The largest absolute Gasteiger partial charge is 0.422 e. The van der Waals surface area contributed by atoms with E-state index in [-0.39, 0.29) is 22.5 Å². The molecule has 1 aliphatic rings. The topological polar surface area (TPSA) is 149 Å². The molecule has 0 bridgehead atoms. The summed E-state index contributed by atoms with van der Waals surface area (Å²) in [5, 5.41) is 42.6. The van der Waals surface area contributed by atoms with E-state index in [0.29, 0.717) is 11.1 Å². The number of aliphatic hydroxyl groups excluding tert-OH is 4. The summed E-state index contributed by atoms with van der Waals surface area (Å²) in [7, 11) is 0. The van der Waals surface area contributed by atoms with E-state index in [0.717, 1.165) is 0 Å². The van der Waals surface area contributed by atoms with E-state index >= 15 is 0 Å². The van der Waals surface area contributed by atoms with Crippen LogP contribution < -0.4 is 10.9 Å². The van der Waals surface area contributed by atoms with Gasteiger partial charge in [0.05, 0.1) is 6.61 Å². The Labute approximate surface area is 153 Å². The number of fused-ring (bicyclic) bond motifs is 1. The molecule has 4 unspecified atom stereocenters. The van der Waals surface area contributed by atoms with E-state index in [1.54, 1.807) is 12.1 Å². The number of benzene rings is 1. The van der Waals surface area contributed by atoms with Gasteiger partial charge in [-0.3, -0.25) is 4.79 Å². The predicted molar refractivity (Wildman–Crippen MR) is 94.6 cm³/mol. The van der Waals surface area contributed by atoms with Gasteiger partial charge < -0.3 is 34.9 Å². The maximum atomic E-state index is 12.0. The van der Waals surface area contributed by atoms with E-state index in [4.69, 9.17) is 14.3 Å². The van der Waals surface area contributed by atoms with Crippen molar-refractivity contribution in [3.8, 4) is 0 Å². The second-order valence-electron chi connectivity index (χ2n) is 6.56. The van der Waals surface area contributed by atoms with Gasteiger partial charge >= 0.3 is 5.63 Å². The Morgan fingerprint density at radius 2 is 1.93 bits per heavy atom. The van der Waals surface area contributed by atoms with Gasteiger partial charge in [0.25, 0.3) is 0 Å². The highest BCUT2D eigenvalue weighted by Crippen LogP contribution is 2.27. The van der Waals surface area contributed by atoms with Crippen molar-refractivity contribution >= 4 is 22.4 Å². The number of ketones is 1. The lowest BCUT2D eigenvalue weighted by Crippen LogP contribution is -2.61. The Morgan fingerprint density at radius 1 is 1.22 bits per heavy atom. The molecule has 2 heterocycles. The van der Waals surface area contributed by atoms with Gasteiger partial charge in [-0.15, -0.1) is 0 Å². The lowest BCUT2D eigenvalue weighted by atomic mass is 9.96. The number of carbonyl (C=O) groups is 1. The molecule has 0 amide bonds. The molecule has 0 spiro atoms. The van der Waals surface area contributed by atoms with Crippen LogP contribution in [0.15, 0.2) is 27.4 Å². The van der Waals surface area contributed by atoms with Crippen molar-refractivity contribution < 1.29 is 34.4 Å². The molecular formula is C18H21NO8. The highest BCUT2D eigenvalue weighted by Gasteiger charge is 2.43. The number of ether oxygens (including phenoxy) is 1. The highest BCUT2D eigenvalue weighted by molar-refractivity contribution is 6.07. The first-order valence-electron chi connectivity index (χ1n) is 8.40. The summed E-state index contributed by atoms with van der Waals surface area (Å²) in [6.45, 7) is 2.31. The summed E-state index contributed by atoms with van der Waals surface area (Å²) in [5.41, 5.74) is 0.392. The number of aliphatic hydroxyl groups is 4. The number of carbonyl (C=O) groups excluding carboxylic acids is 1. The van der Waals surface area contributed by atoms with Gasteiger partial charge in [0, 0.05) is 28.3 Å². The van der Waals surface area contributed by atoms with E-state index in [9.17, 15) is 24.9 Å². The molecular weight excluding hydrogens is 358 g/mol. The molecule has 1 aliphatic heterocycles. The molecule has 3 rings (SSSR count). The van der Waals surface area contributed by atoms with Crippen LogP contribution in [-0.2, 0) is 4.74 Å². The van der Waals surface area contributed by atoms with Crippen LogP contribution in [0.4, 0.5) is 5.69 Å². The number of nitrogens with one attached hydrogen (secondary N) is 1. The van der Waals surface area contributed by atoms with Crippen LogP contribution in [0.25, 0.3) is 11.0 Å². The summed E-state index contributed by atoms with van der Waals surface area (Å²) >= 11 is 0. The first kappa shape index (κ1) is 19.5. The van der Waals surface area contributed by atoms with Crippen LogP contribution in [-0.4, -0.2) is 63.5 Å². The smallest absolute Gasteiger partial charge is 0.339 e. The lowest BCUT2D eigenvalue weighted by molar-refractivity contribution is -0.245. The monoisotopic (exact) mass is 379 g/mol. The fourth-order valence-corrected chi connectivity index (χ4v) is 3.28. The molecule has 5 N–H and O–H groups in total. The zero-order valence-corrected chi connectivity index (χ0v) is 14.7. The molecule has 1 saturated heterocycles. The summed E-state index contributed by atoms with van der Waals surface area (Å²) in [5.74, 6) is -0.268. The number of hydrogen-bond donors (Lipinski definition) is 5. The molecule has 146 valence electrons. The van der Waals surface area contributed by atoms with E-state index in [1.807, 2.05) is 0 Å². The van der Waals surface area contributed by atoms with Gasteiger partial charge in [-0.1, -0.05) is 0 Å². The minimum atomic E-state index is -1.49. The molecule has 0 aliphatic carbocycles. The molecule has 2 aromatic rings. The van der Waals surface area contributed by atoms with E-state index in [2.05, 4.69) is 5.32 Å². The van der Waals surface area contributed by atoms with Crippen LogP contribution in [0, 0.1) is 6.92 Å². The van der Waals surface area contributed by atoms with Gasteiger partial charge in [0.1, 0.15) is 29.9 Å². The first-order chi connectivity index (χ1) is 12.7. The van der Waals surface area contributed by atoms with Gasteiger partial charge in [0.2, 0.25) is 0 Å². The maximum absolute atomic E-state index is 12.0. The van der Waals surface area contributed by atoms with Crippen LogP contribution in [0.5, 0.6) is 0 Å². The first-order valence-corrected chi connectivity index (χ1v) is 8.40. The molecule has 9 heteroatoms. The molecule has 5 atom stereocenters. The minimum absolute atomic E-state index is 0.162. The van der Waals surface area contributed by atoms with Crippen LogP contribution in [0.3, 0.4) is 0 Å². The third kappa shape index (κ3) is 3.47. The second-order valence-corrected chi connectivity index (χ2v) is 6.56. The summed E-state index contributed by atoms with van der Waals surface area (Å²) in [4.78, 5) is 23.9. The molecule has 1 fully saturated rings. The van der Waals surface area contributed by atoms with Gasteiger partial charge in [-0.2, -0.15) is 0 Å². The van der Waals surface area contributed by atoms with E-state index in [1.165, 1.54) is 19.9 Å². The SMILES string of the molecule is CC(=O)c1c(C)c(=O)oc2cc(NC3C(O)OC(CO)[C@@H](O)C3O)ccc12. The van der Waals surface area contributed by atoms with Crippen molar-refractivity contribution in [2.24, 2.45) is 0 Å². The fourth-order valence-electron chi connectivity index (χ4n) is 3.28. The lowest BCUT2D eigenvalue weighted by Gasteiger charge is -2.40. The maximum Gasteiger partial charge on any atom is 0.339 e. The molecule has 1 aromatic carbocycles. The average molecular weight is 379 g/mol. The Balaban J connectivity index is 1.96. The van der Waals surface area contributed by atoms with Crippen LogP contribution in [0.2, 0.25) is 0 Å². The van der Waals surface area contributed by atoms with Crippen LogP contribution >= 0.6 is 0 Å². The third-order valence-corrected chi connectivity index (χ3v) is 4.72. The normalized spacial score (nSPS) is 28.3. The summed E-state index contributed by atoms with van der Waals surface area (Å²) in [6, 6.07) is 3.52. The van der Waals surface area contributed by atoms with Crippen molar-refractivity contribution in [2.45, 2.75) is 44.5 Å². The van der Waals surface area contributed by atoms with Crippen molar-refractivity contribution in [2.75, 3.05) is 11.9 Å². The van der Waals surface area contributed by atoms with Crippen molar-refractivity contribution in [3.63, 3.8) is 0 Å². The molecule has 9 nitrogen and oxygen atoms in total. The van der Waals surface area contributed by atoms with Gasteiger partial charge in [0.15, 0.2) is 12.1 Å². The zero-order chi connectivity index (χ0) is 19.9. The predicted octanol–water partition coefficient (Wildman–Crippen LogP) is -0.484. The number of anilines is 1. The Kier molecular flexibility index (Phi) is 5.31. The number of hydrogen-bond acceptors (Lipinski definition) is 9. The van der Waals surface area contributed by atoms with Crippen LogP contribution in [0.1, 0.15) is 22.8 Å². The Bertz CT molecular complexity index is 923. The average Bonchev–Trinajstić information content (AvgIpc) is 2.62. The third-order valence-electron chi connectivity index (χ3n) is 4.72. The number of Topliss-reactive ketones (excluding diaryl/α,β-unsaturated/α-hetero) is 1. The quantitative estimate of drug-likeness (QED) is 0.350. The Morgan fingerprint density at radius 3 is 2.56 bits per heavy atom. The van der Waals surface area contributed by atoms with Gasteiger partial charge in [-0.25, -0.2) is 4.79 Å². The minimum Gasteiger partial charge on any atom is -0.422 e.